The fourth-order valence-electron chi connectivity index (χ4n) is 1.80. The standard InChI is InChI=1S/C13H19N3S/c1-4-6-16-7-5-14-13(16)15-9-12-8-10(2)11(3)17-12/h5,7-8H,4,6,9H2,1-3H3,(H,14,15). The maximum Gasteiger partial charge on any atom is 0.203 e. The van der Waals surface area contributed by atoms with Crippen LogP contribution in [0.2, 0.25) is 0 Å². The molecule has 2 aromatic heterocycles. The first kappa shape index (κ1) is 12.2. The van der Waals surface area contributed by atoms with E-state index < -0.39 is 0 Å². The van der Waals surface area contributed by atoms with Gasteiger partial charge < -0.3 is 9.88 Å². The Labute approximate surface area is 107 Å². The summed E-state index contributed by atoms with van der Waals surface area (Å²) in [6.07, 6.45) is 5.00. The SMILES string of the molecule is CCCn1ccnc1NCc1cc(C)c(C)s1. The summed E-state index contributed by atoms with van der Waals surface area (Å²) in [6.45, 7) is 8.38. The minimum atomic E-state index is 0.861. The maximum atomic E-state index is 4.34. The van der Waals surface area contributed by atoms with Crippen LogP contribution in [0.1, 0.15) is 28.7 Å². The molecule has 0 unspecified atom stereocenters. The molecule has 0 amide bonds. The van der Waals surface area contributed by atoms with E-state index in [0.29, 0.717) is 0 Å². The monoisotopic (exact) mass is 249 g/mol. The van der Waals surface area contributed by atoms with E-state index in [4.69, 9.17) is 0 Å². The van der Waals surface area contributed by atoms with Gasteiger partial charge in [0.2, 0.25) is 5.95 Å². The molecular formula is C13H19N3S. The zero-order chi connectivity index (χ0) is 12.3. The van der Waals surface area contributed by atoms with Crippen LogP contribution in [0, 0.1) is 13.8 Å². The van der Waals surface area contributed by atoms with E-state index >= 15 is 0 Å². The summed E-state index contributed by atoms with van der Waals surface area (Å²) >= 11 is 1.86. The predicted molar refractivity (Wildman–Crippen MR) is 73.6 cm³/mol. The van der Waals surface area contributed by atoms with Crippen molar-refractivity contribution in [2.75, 3.05) is 5.32 Å². The fourth-order valence-corrected chi connectivity index (χ4v) is 2.79. The minimum absolute atomic E-state index is 0.861. The Hall–Kier alpha value is -1.29. The van der Waals surface area contributed by atoms with Crippen LogP contribution in [0.25, 0.3) is 0 Å². The van der Waals surface area contributed by atoms with Crippen molar-refractivity contribution in [1.82, 2.24) is 9.55 Å². The maximum absolute atomic E-state index is 4.34. The Bertz CT molecular complexity index is 465. The molecule has 17 heavy (non-hydrogen) atoms. The Balaban J connectivity index is 1.99. The molecule has 0 fully saturated rings. The number of hydrogen-bond acceptors (Lipinski definition) is 3. The summed E-state index contributed by atoms with van der Waals surface area (Å²) in [5.74, 6) is 0.968. The lowest BCUT2D eigenvalue weighted by atomic mass is 10.3. The second-order valence-electron chi connectivity index (χ2n) is 4.25. The van der Waals surface area contributed by atoms with Crippen molar-refractivity contribution >= 4 is 17.3 Å². The molecule has 2 heterocycles. The predicted octanol–water partition coefficient (Wildman–Crippen LogP) is 3.58. The number of thiophene rings is 1. The number of nitrogens with zero attached hydrogens (tertiary/aromatic N) is 2. The zero-order valence-corrected chi connectivity index (χ0v) is 11.5. The molecule has 0 aliphatic heterocycles. The van der Waals surface area contributed by atoms with Crippen molar-refractivity contribution in [1.29, 1.82) is 0 Å². The largest absolute Gasteiger partial charge is 0.351 e. The summed E-state index contributed by atoms with van der Waals surface area (Å²) in [5.41, 5.74) is 1.38. The number of nitrogens with one attached hydrogen (secondary N) is 1. The number of aromatic nitrogens is 2. The molecule has 0 aromatic carbocycles. The quantitative estimate of drug-likeness (QED) is 0.877. The van der Waals surface area contributed by atoms with Gasteiger partial charge in [-0.2, -0.15) is 0 Å². The first-order valence-corrected chi connectivity index (χ1v) is 6.83. The zero-order valence-electron chi connectivity index (χ0n) is 10.7. The number of anilines is 1. The third kappa shape index (κ3) is 2.88. The minimum Gasteiger partial charge on any atom is -0.351 e. The molecule has 0 saturated heterocycles. The molecule has 0 aliphatic rings. The molecule has 0 bridgehead atoms. The van der Waals surface area contributed by atoms with Gasteiger partial charge in [0.25, 0.3) is 0 Å². The van der Waals surface area contributed by atoms with Crippen molar-refractivity contribution in [2.24, 2.45) is 0 Å². The average molecular weight is 249 g/mol. The lowest BCUT2D eigenvalue weighted by Gasteiger charge is -2.07. The molecular weight excluding hydrogens is 230 g/mol. The van der Waals surface area contributed by atoms with Crippen LogP contribution in [0.5, 0.6) is 0 Å². The van der Waals surface area contributed by atoms with Gasteiger partial charge in [0, 0.05) is 28.7 Å². The lowest BCUT2D eigenvalue weighted by molar-refractivity contribution is 0.682. The highest BCUT2D eigenvalue weighted by atomic mass is 32.1. The van der Waals surface area contributed by atoms with Gasteiger partial charge >= 0.3 is 0 Å². The summed E-state index contributed by atoms with van der Waals surface area (Å²) in [7, 11) is 0. The highest BCUT2D eigenvalue weighted by molar-refractivity contribution is 7.12. The van der Waals surface area contributed by atoms with Gasteiger partial charge in [0.15, 0.2) is 0 Å². The first-order valence-electron chi connectivity index (χ1n) is 6.01. The van der Waals surface area contributed by atoms with Crippen LogP contribution in [0.15, 0.2) is 18.5 Å². The van der Waals surface area contributed by atoms with E-state index in [1.54, 1.807) is 0 Å². The number of aryl methyl sites for hydroxylation is 3. The van der Waals surface area contributed by atoms with Gasteiger partial charge in [0.05, 0.1) is 6.54 Å². The molecule has 0 atom stereocenters. The van der Waals surface area contributed by atoms with E-state index in [1.807, 2.05) is 23.7 Å². The Morgan fingerprint density at radius 1 is 1.41 bits per heavy atom. The molecule has 4 heteroatoms. The van der Waals surface area contributed by atoms with Crippen molar-refractivity contribution in [3.63, 3.8) is 0 Å². The van der Waals surface area contributed by atoms with E-state index in [1.165, 1.54) is 15.3 Å². The second kappa shape index (κ2) is 5.36. The van der Waals surface area contributed by atoms with Crippen LogP contribution >= 0.6 is 11.3 Å². The van der Waals surface area contributed by atoms with Crippen LogP contribution in [-0.2, 0) is 13.1 Å². The van der Waals surface area contributed by atoms with Gasteiger partial charge in [-0.15, -0.1) is 11.3 Å². The summed E-state index contributed by atoms with van der Waals surface area (Å²) < 4.78 is 2.16. The molecule has 92 valence electrons. The summed E-state index contributed by atoms with van der Waals surface area (Å²) in [4.78, 5) is 7.10. The lowest BCUT2D eigenvalue weighted by Crippen LogP contribution is -2.06. The third-order valence-electron chi connectivity index (χ3n) is 2.82. The number of imidazole rings is 1. The molecule has 2 aromatic rings. The van der Waals surface area contributed by atoms with Crippen molar-refractivity contribution in [2.45, 2.75) is 40.3 Å². The van der Waals surface area contributed by atoms with E-state index in [0.717, 1.165) is 25.5 Å². The van der Waals surface area contributed by atoms with Crippen LogP contribution in [0.4, 0.5) is 5.95 Å². The second-order valence-corrected chi connectivity index (χ2v) is 5.59. The van der Waals surface area contributed by atoms with E-state index in [9.17, 15) is 0 Å². The highest BCUT2D eigenvalue weighted by Crippen LogP contribution is 2.21. The van der Waals surface area contributed by atoms with Gasteiger partial charge in [-0.1, -0.05) is 6.92 Å². The van der Waals surface area contributed by atoms with Crippen molar-refractivity contribution in [3.05, 3.63) is 33.8 Å². The summed E-state index contributed by atoms with van der Waals surface area (Å²) in [5, 5.41) is 3.40. The Kier molecular flexibility index (Phi) is 3.84. The molecule has 1 N–H and O–H groups in total. The van der Waals surface area contributed by atoms with Gasteiger partial charge in [-0.05, 0) is 31.9 Å². The molecule has 3 nitrogen and oxygen atoms in total. The van der Waals surface area contributed by atoms with Crippen LogP contribution < -0.4 is 5.32 Å². The Morgan fingerprint density at radius 3 is 2.88 bits per heavy atom. The van der Waals surface area contributed by atoms with Crippen LogP contribution in [-0.4, -0.2) is 9.55 Å². The molecule has 2 rings (SSSR count). The normalized spacial score (nSPS) is 10.8. The summed E-state index contributed by atoms with van der Waals surface area (Å²) in [6, 6.07) is 2.25. The first-order chi connectivity index (χ1) is 8.20. The Morgan fingerprint density at radius 2 is 2.24 bits per heavy atom. The van der Waals surface area contributed by atoms with Crippen molar-refractivity contribution in [3.8, 4) is 0 Å². The fraction of sp³-hybridized carbons (Fsp3) is 0.462. The number of rotatable bonds is 5. The van der Waals surface area contributed by atoms with Gasteiger partial charge in [0.1, 0.15) is 0 Å². The highest BCUT2D eigenvalue weighted by Gasteiger charge is 2.04. The average Bonchev–Trinajstić information content (AvgIpc) is 2.85. The molecule has 0 radical (unpaired) electrons. The molecule has 0 aliphatic carbocycles. The van der Waals surface area contributed by atoms with Crippen LogP contribution in [0.3, 0.4) is 0 Å². The smallest absolute Gasteiger partial charge is 0.203 e. The van der Waals surface area contributed by atoms with Crippen molar-refractivity contribution < 1.29 is 0 Å². The topological polar surface area (TPSA) is 29.9 Å². The van der Waals surface area contributed by atoms with Gasteiger partial charge in [-0.3, -0.25) is 0 Å². The molecule has 0 spiro atoms. The van der Waals surface area contributed by atoms with E-state index in [2.05, 4.69) is 41.7 Å². The third-order valence-corrected chi connectivity index (χ3v) is 3.97. The number of hydrogen-bond donors (Lipinski definition) is 1. The van der Waals surface area contributed by atoms with Gasteiger partial charge in [-0.25, -0.2) is 4.98 Å². The van der Waals surface area contributed by atoms with E-state index in [-0.39, 0.29) is 0 Å². The molecule has 0 saturated carbocycles.